The van der Waals surface area contributed by atoms with Crippen molar-refractivity contribution in [2.45, 2.75) is 18.3 Å². The van der Waals surface area contributed by atoms with Gasteiger partial charge in [-0.2, -0.15) is 0 Å². The Morgan fingerprint density at radius 3 is 1.73 bits per heavy atom. The number of aldehydes is 1. The highest BCUT2D eigenvalue weighted by atomic mass is 16.5. The summed E-state index contributed by atoms with van der Waals surface area (Å²) in [5, 5.41) is 34.6. The van der Waals surface area contributed by atoms with Crippen LogP contribution < -0.4 is 0 Å². The first-order valence-electron chi connectivity index (χ1n) is 6.74. The van der Waals surface area contributed by atoms with E-state index in [1.54, 1.807) is 0 Å². The van der Waals surface area contributed by atoms with E-state index in [0.717, 1.165) is 0 Å². The van der Waals surface area contributed by atoms with E-state index in [1.165, 1.54) is 14.2 Å². The molecule has 0 aliphatic carbocycles. The Hall–Kier alpha value is -0.650. The van der Waals surface area contributed by atoms with Crippen LogP contribution in [-0.4, -0.2) is 105 Å². The lowest BCUT2D eigenvalue weighted by Crippen LogP contribution is -2.29. The summed E-state index contributed by atoms with van der Waals surface area (Å²) in [7, 11) is 3.00. The highest BCUT2D eigenvalue weighted by Crippen LogP contribution is 1.93. The van der Waals surface area contributed by atoms with E-state index in [0.29, 0.717) is 12.9 Å². The fourth-order valence-corrected chi connectivity index (χ4v) is 1.15. The number of ether oxygens (including phenoxy) is 4. The Morgan fingerprint density at radius 2 is 1.36 bits per heavy atom. The summed E-state index contributed by atoms with van der Waals surface area (Å²) in [6.07, 6.45) is -1.07. The minimum Gasteiger partial charge on any atom is -0.394 e. The second kappa shape index (κ2) is 18.4. The van der Waals surface area contributed by atoms with Crippen LogP contribution in [0, 0.1) is 0 Å². The molecular formula is C13H28O9. The molecule has 0 radical (unpaired) electrons. The van der Waals surface area contributed by atoms with Gasteiger partial charge in [0.05, 0.1) is 39.6 Å². The first-order valence-corrected chi connectivity index (χ1v) is 6.74. The number of rotatable bonds is 13. The largest absolute Gasteiger partial charge is 0.394 e. The van der Waals surface area contributed by atoms with Crippen molar-refractivity contribution in [1.29, 1.82) is 0 Å². The van der Waals surface area contributed by atoms with Crippen molar-refractivity contribution in [1.82, 2.24) is 0 Å². The molecule has 0 saturated carbocycles. The zero-order valence-electron chi connectivity index (χ0n) is 13.1. The van der Waals surface area contributed by atoms with E-state index in [-0.39, 0.29) is 45.7 Å². The van der Waals surface area contributed by atoms with Crippen LogP contribution in [0.5, 0.6) is 0 Å². The second-order valence-electron chi connectivity index (χ2n) is 4.19. The van der Waals surface area contributed by atoms with E-state index in [9.17, 15) is 4.79 Å². The predicted octanol–water partition coefficient (Wildman–Crippen LogP) is -2.43. The van der Waals surface area contributed by atoms with Gasteiger partial charge in [0.1, 0.15) is 31.2 Å². The number of aliphatic hydroxyl groups is 4. The Kier molecular flexibility index (Phi) is 19.7. The predicted molar refractivity (Wildman–Crippen MR) is 76.6 cm³/mol. The highest BCUT2D eigenvalue weighted by molar-refractivity contribution is 5.50. The van der Waals surface area contributed by atoms with Crippen LogP contribution in [0.4, 0.5) is 0 Å². The van der Waals surface area contributed by atoms with E-state index in [2.05, 4.69) is 0 Å². The molecule has 0 aromatic carbocycles. The SMILES string of the molecule is COCC(CO)OCC(O)CO.COCC(CO)OCC=O. The standard InChI is InChI=1S/C7H16O5.C6H12O4/c1-11-5-7(3-9)12-4-6(10)2-8;1-9-5-6(4-8)10-3-2-7/h6-10H,2-5H2,1H3;2,6,8H,3-5H2,1H3. The van der Waals surface area contributed by atoms with Gasteiger partial charge < -0.3 is 44.2 Å². The third-order valence-electron chi connectivity index (χ3n) is 2.25. The molecule has 0 aromatic rings. The van der Waals surface area contributed by atoms with Gasteiger partial charge in [0.2, 0.25) is 0 Å². The van der Waals surface area contributed by atoms with Gasteiger partial charge in [-0.05, 0) is 0 Å². The molecule has 0 rings (SSSR count). The summed E-state index contributed by atoms with van der Waals surface area (Å²) >= 11 is 0. The van der Waals surface area contributed by atoms with E-state index in [4.69, 9.17) is 39.4 Å². The molecule has 0 fully saturated rings. The number of hydrogen-bond acceptors (Lipinski definition) is 9. The van der Waals surface area contributed by atoms with Gasteiger partial charge >= 0.3 is 0 Å². The normalized spacial score (nSPS) is 14.6. The van der Waals surface area contributed by atoms with E-state index < -0.39 is 12.2 Å². The van der Waals surface area contributed by atoms with Crippen LogP contribution in [0.25, 0.3) is 0 Å². The average Bonchev–Trinajstić information content (AvgIpc) is 2.55. The molecule has 0 heterocycles. The molecule has 3 unspecified atom stereocenters. The summed E-state index contributed by atoms with van der Waals surface area (Å²) in [4.78, 5) is 9.78. The Bertz CT molecular complexity index is 228. The Labute approximate surface area is 130 Å². The summed E-state index contributed by atoms with van der Waals surface area (Å²) in [5.41, 5.74) is 0. The number of carbonyl (C=O) groups excluding carboxylic acids is 1. The lowest BCUT2D eigenvalue weighted by Gasteiger charge is -2.15. The molecule has 0 aromatic heterocycles. The van der Waals surface area contributed by atoms with Crippen molar-refractivity contribution in [3.63, 3.8) is 0 Å². The summed E-state index contributed by atoms with van der Waals surface area (Å²) in [6.45, 7) is -0.0303. The number of hydrogen-bond donors (Lipinski definition) is 4. The number of carbonyl (C=O) groups is 1. The molecule has 134 valence electrons. The lowest BCUT2D eigenvalue weighted by atomic mass is 10.4. The smallest absolute Gasteiger partial charge is 0.145 e. The van der Waals surface area contributed by atoms with Crippen molar-refractivity contribution in [2.24, 2.45) is 0 Å². The molecule has 0 spiro atoms. The minimum absolute atomic E-state index is 0.00505. The van der Waals surface area contributed by atoms with Crippen LogP contribution in [-0.2, 0) is 23.7 Å². The molecule has 0 bridgehead atoms. The third-order valence-corrected chi connectivity index (χ3v) is 2.25. The van der Waals surface area contributed by atoms with Crippen molar-refractivity contribution in [3.05, 3.63) is 0 Å². The van der Waals surface area contributed by atoms with Crippen molar-refractivity contribution in [3.8, 4) is 0 Å². The van der Waals surface area contributed by atoms with Gasteiger partial charge in [0, 0.05) is 14.2 Å². The maximum atomic E-state index is 9.78. The van der Waals surface area contributed by atoms with Crippen molar-refractivity contribution < 1.29 is 44.2 Å². The number of aliphatic hydroxyl groups excluding tert-OH is 4. The number of methoxy groups -OCH3 is 2. The molecule has 9 nitrogen and oxygen atoms in total. The maximum Gasteiger partial charge on any atom is 0.145 e. The molecular weight excluding hydrogens is 300 g/mol. The molecule has 0 aliphatic heterocycles. The van der Waals surface area contributed by atoms with Gasteiger partial charge in [0.25, 0.3) is 0 Å². The van der Waals surface area contributed by atoms with Gasteiger partial charge in [-0.25, -0.2) is 0 Å². The molecule has 4 N–H and O–H groups in total. The van der Waals surface area contributed by atoms with E-state index >= 15 is 0 Å². The quantitative estimate of drug-likeness (QED) is 0.272. The van der Waals surface area contributed by atoms with Crippen LogP contribution in [0.15, 0.2) is 0 Å². The molecule has 3 atom stereocenters. The zero-order valence-corrected chi connectivity index (χ0v) is 13.1. The van der Waals surface area contributed by atoms with Crippen molar-refractivity contribution >= 4 is 6.29 Å². The van der Waals surface area contributed by atoms with Gasteiger partial charge in [-0.3, -0.25) is 0 Å². The molecule has 22 heavy (non-hydrogen) atoms. The lowest BCUT2D eigenvalue weighted by molar-refractivity contribution is -0.116. The Balaban J connectivity index is 0. The third kappa shape index (κ3) is 15.7. The molecule has 9 heteroatoms. The van der Waals surface area contributed by atoms with Crippen LogP contribution in [0.3, 0.4) is 0 Å². The first-order chi connectivity index (χ1) is 10.6. The van der Waals surface area contributed by atoms with Crippen LogP contribution in [0.2, 0.25) is 0 Å². The zero-order chi connectivity index (χ0) is 17.2. The summed E-state index contributed by atoms with van der Waals surface area (Å²) < 4.78 is 19.3. The topological polar surface area (TPSA) is 135 Å². The van der Waals surface area contributed by atoms with Gasteiger partial charge in [-0.1, -0.05) is 0 Å². The van der Waals surface area contributed by atoms with E-state index in [1.807, 2.05) is 0 Å². The highest BCUT2D eigenvalue weighted by Gasteiger charge is 2.09. The Morgan fingerprint density at radius 1 is 0.864 bits per heavy atom. The van der Waals surface area contributed by atoms with Gasteiger partial charge in [0.15, 0.2) is 0 Å². The fourth-order valence-electron chi connectivity index (χ4n) is 1.15. The molecule has 0 amide bonds. The average molecular weight is 328 g/mol. The summed E-state index contributed by atoms with van der Waals surface area (Å²) in [6, 6.07) is 0. The molecule has 0 saturated heterocycles. The monoisotopic (exact) mass is 328 g/mol. The van der Waals surface area contributed by atoms with Gasteiger partial charge in [-0.15, -0.1) is 0 Å². The van der Waals surface area contributed by atoms with Crippen LogP contribution in [0.1, 0.15) is 0 Å². The molecule has 0 aliphatic rings. The maximum absolute atomic E-state index is 9.78. The summed E-state index contributed by atoms with van der Waals surface area (Å²) in [5.74, 6) is 0. The van der Waals surface area contributed by atoms with Crippen LogP contribution >= 0.6 is 0 Å². The fraction of sp³-hybridized carbons (Fsp3) is 0.923. The second-order valence-corrected chi connectivity index (χ2v) is 4.19. The minimum atomic E-state index is -0.893. The first kappa shape index (κ1) is 23.6. The van der Waals surface area contributed by atoms with Crippen molar-refractivity contribution in [2.75, 3.05) is 60.5 Å².